The molecule has 0 unspecified atom stereocenters. The minimum atomic E-state index is -0.446. The maximum Gasteiger partial charge on any atom is 0.325 e. The molecule has 164 valence electrons. The molecule has 0 fully saturated rings. The van der Waals surface area contributed by atoms with Crippen molar-refractivity contribution in [3.05, 3.63) is 46.8 Å². The molecule has 1 aromatic heterocycles. The highest BCUT2D eigenvalue weighted by Gasteiger charge is 2.16. The molecule has 0 saturated heterocycles. The molecular formula is C22H24N2O5S2. The van der Waals surface area contributed by atoms with Gasteiger partial charge >= 0.3 is 5.97 Å². The fourth-order valence-electron chi connectivity index (χ4n) is 2.93. The Hall–Kier alpha value is -2.78. The molecule has 0 aliphatic rings. The predicted octanol–water partition coefficient (Wildman–Crippen LogP) is 4.13. The van der Waals surface area contributed by atoms with Crippen LogP contribution in [0.5, 0.6) is 11.5 Å². The smallest absolute Gasteiger partial charge is 0.325 e. The molecule has 9 heteroatoms. The van der Waals surface area contributed by atoms with Gasteiger partial charge in [-0.2, -0.15) is 4.99 Å². The Morgan fingerprint density at radius 3 is 2.29 bits per heavy atom. The lowest BCUT2D eigenvalue weighted by Crippen LogP contribution is -2.22. The zero-order valence-electron chi connectivity index (χ0n) is 18.0. The first-order valence-electron chi connectivity index (χ1n) is 9.54. The first-order valence-corrected chi connectivity index (χ1v) is 11.2. The Bertz CT molecular complexity index is 1160. The summed E-state index contributed by atoms with van der Waals surface area (Å²) in [5, 5.41) is 0.455. The van der Waals surface area contributed by atoms with Gasteiger partial charge in [0.05, 0.1) is 31.5 Å². The summed E-state index contributed by atoms with van der Waals surface area (Å²) in [6.45, 7) is 4.15. The highest BCUT2D eigenvalue weighted by Crippen LogP contribution is 2.33. The minimum Gasteiger partial charge on any atom is -0.493 e. The van der Waals surface area contributed by atoms with E-state index in [2.05, 4.69) is 18.8 Å². The van der Waals surface area contributed by atoms with Crippen LogP contribution in [0.1, 0.15) is 24.2 Å². The van der Waals surface area contributed by atoms with Crippen LogP contribution in [0.25, 0.3) is 10.2 Å². The van der Waals surface area contributed by atoms with Crippen molar-refractivity contribution in [2.45, 2.75) is 30.5 Å². The van der Waals surface area contributed by atoms with Gasteiger partial charge in [0, 0.05) is 27.8 Å². The molecule has 0 bridgehead atoms. The number of aromatic nitrogens is 1. The van der Waals surface area contributed by atoms with Crippen molar-refractivity contribution in [2.24, 2.45) is 4.99 Å². The number of carbonyl (C=O) groups is 2. The molecule has 1 amide bonds. The number of thiazole rings is 1. The summed E-state index contributed by atoms with van der Waals surface area (Å²) in [4.78, 5) is 30.6. The summed E-state index contributed by atoms with van der Waals surface area (Å²) < 4.78 is 18.0. The number of rotatable bonds is 7. The molecule has 3 aromatic rings. The Morgan fingerprint density at radius 2 is 1.71 bits per heavy atom. The second kappa shape index (κ2) is 10.0. The Balaban J connectivity index is 2.08. The molecular weight excluding hydrogens is 436 g/mol. The van der Waals surface area contributed by atoms with Crippen molar-refractivity contribution in [2.75, 3.05) is 21.3 Å². The monoisotopic (exact) mass is 460 g/mol. The third kappa shape index (κ3) is 5.29. The number of nitrogens with zero attached hydrogens (tertiary/aromatic N) is 2. The van der Waals surface area contributed by atoms with Crippen LogP contribution < -0.4 is 14.3 Å². The molecule has 0 N–H and O–H groups in total. The number of hydrogen-bond acceptors (Lipinski definition) is 7. The molecule has 0 spiro atoms. The van der Waals surface area contributed by atoms with E-state index in [0.29, 0.717) is 32.6 Å². The largest absolute Gasteiger partial charge is 0.493 e. The molecule has 1 heterocycles. The molecule has 2 aromatic carbocycles. The summed E-state index contributed by atoms with van der Waals surface area (Å²) in [6, 6.07) is 10.9. The standard InChI is InChI=1S/C22H24N2O5S2/c1-13(2)30-15-8-6-14(7-9-15)21(26)23-22-24(12-20(25)29-5)16-10-17(27-3)18(28-4)11-19(16)31-22/h6-11,13H,12H2,1-5H3. The molecule has 0 radical (unpaired) electrons. The summed E-state index contributed by atoms with van der Waals surface area (Å²) >= 11 is 3.01. The average molecular weight is 461 g/mol. The van der Waals surface area contributed by atoms with Crippen molar-refractivity contribution in [1.82, 2.24) is 4.57 Å². The fourth-order valence-corrected chi connectivity index (χ4v) is 4.80. The third-order valence-corrected chi connectivity index (χ3v) is 6.43. The fraction of sp³-hybridized carbons (Fsp3) is 0.318. The Morgan fingerprint density at radius 1 is 1.06 bits per heavy atom. The molecule has 3 rings (SSSR count). The van der Waals surface area contributed by atoms with E-state index in [1.54, 1.807) is 47.7 Å². The minimum absolute atomic E-state index is 0.0813. The number of methoxy groups -OCH3 is 3. The van der Waals surface area contributed by atoms with E-state index in [-0.39, 0.29) is 12.5 Å². The maximum atomic E-state index is 12.8. The molecule has 0 aliphatic heterocycles. The summed E-state index contributed by atoms with van der Waals surface area (Å²) in [6.07, 6.45) is 0. The summed E-state index contributed by atoms with van der Waals surface area (Å²) in [7, 11) is 4.41. The van der Waals surface area contributed by atoms with Crippen LogP contribution >= 0.6 is 23.1 Å². The number of esters is 1. The van der Waals surface area contributed by atoms with Crippen molar-refractivity contribution < 1.29 is 23.8 Å². The van der Waals surface area contributed by atoms with Gasteiger partial charge in [-0.25, -0.2) is 0 Å². The molecule has 7 nitrogen and oxygen atoms in total. The lowest BCUT2D eigenvalue weighted by atomic mass is 10.2. The average Bonchev–Trinajstić information content (AvgIpc) is 3.08. The number of benzene rings is 2. The Kier molecular flexibility index (Phi) is 7.40. The van der Waals surface area contributed by atoms with E-state index in [1.807, 2.05) is 12.1 Å². The molecule has 0 saturated carbocycles. The van der Waals surface area contributed by atoms with Gasteiger partial charge in [-0.1, -0.05) is 25.2 Å². The molecule has 0 aliphatic carbocycles. The van der Waals surface area contributed by atoms with Gasteiger partial charge < -0.3 is 18.8 Å². The predicted molar refractivity (Wildman–Crippen MR) is 122 cm³/mol. The van der Waals surface area contributed by atoms with Crippen LogP contribution in [0.4, 0.5) is 0 Å². The summed E-state index contributed by atoms with van der Waals surface area (Å²) in [5.74, 6) is 0.240. The maximum absolute atomic E-state index is 12.8. The highest BCUT2D eigenvalue weighted by atomic mass is 32.2. The van der Waals surface area contributed by atoms with E-state index in [4.69, 9.17) is 14.2 Å². The van der Waals surface area contributed by atoms with Crippen LogP contribution in [-0.2, 0) is 16.1 Å². The SMILES string of the molecule is COC(=O)Cn1c(=NC(=O)c2ccc(SC(C)C)cc2)sc2cc(OC)c(OC)cc21. The van der Waals surface area contributed by atoms with Gasteiger partial charge in [0.1, 0.15) is 6.54 Å². The number of thioether (sulfide) groups is 1. The zero-order valence-corrected chi connectivity index (χ0v) is 19.6. The normalized spacial score (nSPS) is 11.7. The van der Waals surface area contributed by atoms with E-state index >= 15 is 0 Å². The number of hydrogen-bond donors (Lipinski definition) is 0. The van der Waals surface area contributed by atoms with Crippen molar-refractivity contribution in [3.8, 4) is 11.5 Å². The second-order valence-electron chi connectivity index (χ2n) is 6.83. The third-order valence-electron chi connectivity index (χ3n) is 4.37. The highest BCUT2D eigenvalue weighted by molar-refractivity contribution is 7.99. The number of ether oxygens (including phenoxy) is 3. The van der Waals surface area contributed by atoms with Gasteiger partial charge in [-0.15, -0.1) is 11.8 Å². The van der Waals surface area contributed by atoms with Gasteiger partial charge in [-0.3, -0.25) is 9.59 Å². The van der Waals surface area contributed by atoms with Gasteiger partial charge in [0.15, 0.2) is 16.3 Å². The van der Waals surface area contributed by atoms with Gasteiger partial charge in [0.2, 0.25) is 0 Å². The van der Waals surface area contributed by atoms with Crippen LogP contribution in [0, 0.1) is 0 Å². The van der Waals surface area contributed by atoms with Crippen molar-refractivity contribution in [1.29, 1.82) is 0 Å². The first-order chi connectivity index (χ1) is 14.9. The Labute approximate surface area is 188 Å². The first kappa shape index (κ1) is 22.9. The van der Waals surface area contributed by atoms with Crippen LogP contribution in [0.3, 0.4) is 0 Å². The van der Waals surface area contributed by atoms with Crippen LogP contribution in [0.15, 0.2) is 46.3 Å². The second-order valence-corrected chi connectivity index (χ2v) is 9.49. The zero-order chi connectivity index (χ0) is 22.5. The topological polar surface area (TPSA) is 79.1 Å². The van der Waals surface area contributed by atoms with E-state index in [9.17, 15) is 9.59 Å². The van der Waals surface area contributed by atoms with Crippen LogP contribution in [0.2, 0.25) is 0 Å². The van der Waals surface area contributed by atoms with E-state index in [1.165, 1.54) is 25.6 Å². The van der Waals surface area contributed by atoms with Crippen molar-refractivity contribution in [3.63, 3.8) is 0 Å². The van der Waals surface area contributed by atoms with Crippen LogP contribution in [-0.4, -0.2) is 43.0 Å². The summed E-state index contributed by atoms with van der Waals surface area (Å²) in [5.41, 5.74) is 1.17. The lowest BCUT2D eigenvalue weighted by molar-refractivity contribution is -0.141. The van der Waals surface area contributed by atoms with Gasteiger partial charge in [0.25, 0.3) is 5.91 Å². The van der Waals surface area contributed by atoms with Gasteiger partial charge in [-0.05, 0) is 24.3 Å². The van der Waals surface area contributed by atoms with Crippen molar-refractivity contribution >= 4 is 45.2 Å². The lowest BCUT2D eigenvalue weighted by Gasteiger charge is -2.09. The number of fused-ring (bicyclic) bond motifs is 1. The number of carbonyl (C=O) groups excluding carboxylic acids is 2. The van der Waals surface area contributed by atoms with E-state index < -0.39 is 5.97 Å². The van der Waals surface area contributed by atoms with E-state index in [0.717, 1.165) is 9.60 Å². The molecule has 0 atom stereocenters. The molecule has 31 heavy (non-hydrogen) atoms. The number of amides is 1. The quantitative estimate of drug-likeness (QED) is 0.390.